The summed E-state index contributed by atoms with van der Waals surface area (Å²) in [5.74, 6) is 0.738. The predicted molar refractivity (Wildman–Crippen MR) is 137 cm³/mol. The van der Waals surface area contributed by atoms with E-state index in [0.717, 1.165) is 28.9 Å². The number of amides is 1. The molecule has 1 N–H and O–H groups in total. The van der Waals surface area contributed by atoms with E-state index in [9.17, 15) is 4.79 Å². The smallest absolute Gasteiger partial charge is 0.254 e. The van der Waals surface area contributed by atoms with Crippen LogP contribution in [0.1, 0.15) is 27.3 Å². The monoisotopic (exact) mass is 467 g/mol. The van der Waals surface area contributed by atoms with Gasteiger partial charge in [-0.3, -0.25) is 9.78 Å². The zero-order chi connectivity index (χ0) is 24.2. The standard InChI is InChI=1S/C28H29N5O2/c1-19-13-20(2)31-28(30-19)32-25-8-4-7-24(15-25)27(34)33-11-12-35-18-21(17-33)14-23-6-3-5-22-9-10-29-16-26(22)23/h3-10,13,15-16,21H,11-12,14,17-18H2,1-2H3,(H,30,31,32). The number of ether oxygens (including phenoxy) is 1. The van der Waals surface area contributed by atoms with Crippen LogP contribution in [-0.4, -0.2) is 52.1 Å². The number of pyridine rings is 1. The molecule has 0 bridgehead atoms. The number of aromatic nitrogens is 3. The highest BCUT2D eigenvalue weighted by molar-refractivity contribution is 5.95. The molecular formula is C28H29N5O2. The van der Waals surface area contributed by atoms with Crippen LogP contribution in [0.25, 0.3) is 10.8 Å². The Kier molecular flexibility index (Phi) is 6.68. The normalized spacial score (nSPS) is 16.2. The summed E-state index contributed by atoms with van der Waals surface area (Å²) in [7, 11) is 0. The van der Waals surface area contributed by atoms with Gasteiger partial charge in [-0.05, 0) is 61.5 Å². The van der Waals surface area contributed by atoms with E-state index in [-0.39, 0.29) is 11.8 Å². The van der Waals surface area contributed by atoms with E-state index in [1.54, 1.807) is 0 Å². The van der Waals surface area contributed by atoms with Gasteiger partial charge in [0.1, 0.15) is 0 Å². The SMILES string of the molecule is Cc1cc(C)nc(Nc2cccc(C(=O)N3CCOCC(Cc4cccc5ccncc45)C3)c2)n1. The number of nitrogens with zero attached hydrogens (tertiary/aromatic N) is 4. The molecule has 7 nitrogen and oxygen atoms in total. The molecule has 0 saturated carbocycles. The van der Waals surface area contributed by atoms with E-state index >= 15 is 0 Å². The largest absolute Gasteiger partial charge is 0.379 e. The summed E-state index contributed by atoms with van der Waals surface area (Å²) in [6.07, 6.45) is 4.57. The Bertz CT molecular complexity index is 1330. The summed E-state index contributed by atoms with van der Waals surface area (Å²) in [4.78, 5) is 28.6. The Labute approximate surface area is 205 Å². The van der Waals surface area contributed by atoms with Crippen LogP contribution in [0.3, 0.4) is 0 Å². The lowest BCUT2D eigenvalue weighted by molar-refractivity contribution is 0.0737. The summed E-state index contributed by atoms with van der Waals surface area (Å²) in [6, 6.07) is 17.8. The Balaban J connectivity index is 1.32. The summed E-state index contributed by atoms with van der Waals surface area (Å²) in [5, 5.41) is 5.57. The van der Waals surface area contributed by atoms with Gasteiger partial charge in [-0.15, -0.1) is 0 Å². The first-order valence-corrected chi connectivity index (χ1v) is 11.9. The van der Waals surface area contributed by atoms with Crippen molar-refractivity contribution in [1.82, 2.24) is 19.9 Å². The van der Waals surface area contributed by atoms with Crippen molar-refractivity contribution in [3.05, 3.63) is 89.5 Å². The van der Waals surface area contributed by atoms with Gasteiger partial charge >= 0.3 is 0 Å². The highest BCUT2D eigenvalue weighted by Gasteiger charge is 2.24. The third-order valence-electron chi connectivity index (χ3n) is 6.26. The van der Waals surface area contributed by atoms with Crippen molar-refractivity contribution in [2.75, 3.05) is 31.6 Å². The first-order chi connectivity index (χ1) is 17.0. The van der Waals surface area contributed by atoms with E-state index in [4.69, 9.17) is 4.74 Å². The molecule has 1 aliphatic heterocycles. The molecule has 7 heteroatoms. The molecule has 0 radical (unpaired) electrons. The van der Waals surface area contributed by atoms with Crippen LogP contribution in [0, 0.1) is 19.8 Å². The number of anilines is 2. The molecule has 3 heterocycles. The van der Waals surface area contributed by atoms with Crippen molar-refractivity contribution in [3.8, 4) is 0 Å². The number of hydrogen-bond acceptors (Lipinski definition) is 6. The van der Waals surface area contributed by atoms with E-state index in [2.05, 4.69) is 38.5 Å². The first kappa shape index (κ1) is 22.9. The molecule has 1 amide bonds. The molecule has 1 saturated heterocycles. The second kappa shape index (κ2) is 10.2. The van der Waals surface area contributed by atoms with Crippen molar-refractivity contribution in [2.45, 2.75) is 20.3 Å². The molecule has 5 rings (SSSR count). The van der Waals surface area contributed by atoms with Crippen LogP contribution in [-0.2, 0) is 11.2 Å². The molecule has 4 aromatic rings. The Morgan fingerprint density at radius 1 is 1.09 bits per heavy atom. The van der Waals surface area contributed by atoms with E-state index in [1.165, 1.54) is 10.9 Å². The number of carbonyl (C=O) groups excluding carboxylic acids is 1. The molecule has 1 atom stereocenters. The Morgan fingerprint density at radius 2 is 1.91 bits per heavy atom. The summed E-state index contributed by atoms with van der Waals surface area (Å²) in [6.45, 7) is 6.26. The molecule has 178 valence electrons. The lowest BCUT2D eigenvalue weighted by atomic mass is 9.95. The average Bonchev–Trinajstić information content (AvgIpc) is 3.09. The number of fused-ring (bicyclic) bond motifs is 1. The molecular weight excluding hydrogens is 438 g/mol. The molecule has 35 heavy (non-hydrogen) atoms. The van der Waals surface area contributed by atoms with Crippen LogP contribution < -0.4 is 5.32 Å². The van der Waals surface area contributed by atoms with Crippen molar-refractivity contribution in [2.24, 2.45) is 5.92 Å². The van der Waals surface area contributed by atoms with Crippen molar-refractivity contribution in [3.63, 3.8) is 0 Å². The van der Waals surface area contributed by atoms with Crippen LogP contribution in [0.15, 0.2) is 67.0 Å². The maximum atomic E-state index is 13.5. The fourth-order valence-electron chi connectivity index (χ4n) is 4.68. The van der Waals surface area contributed by atoms with Crippen LogP contribution in [0.2, 0.25) is 0 Å². The summed E-state index contributed by atoms with van der Waals surface area (Å²) < 4.78 is 5.89. The van der Waals surface area contributed by atoms with Crippen LogP contribution in [0.5, 0.6) is 0 Å². The molecule has 1 unspecified atom stereocenters. The number of nitrogens with one attached hydrogen (secondary N) is 1. The van der Waals surface area contributed by atoms with Gasteiger partial charge in [0, 0.05) is 59.4 Å². The number of hydrogen-bond donors (Lipinski definition) is 1. The number of aryl methyl sites for hydroxylation is 2. The number of rotatable bonds is 5. The average molecular weight is 468 g/mol. The summed E-state index contributed by atoms with van der Waals surface area (Å²) in [5.41, 5.74) is 4.44. The fourth-order valence-corrected chi connectivity index (χ4v) is 4.68. The molecule has 2 aromatic heterocycles. The molecule has 0 spiro atoms. The van der Waals surface area contributed by atoms with Crippen LogP contribution in [0.4, 0.5) is 11.6 Å². The minimum absolute atomic E-state index is 0.00470. The van der Waals surface area contributed by atoms with Gasteiger partial charge in [0.15, 0.2) is 0 Å². The molecule has 1 fully saturated rings. The predicted octanol–water partition coefficient (Wildman–Crippen LogP) is 4.72. The Morgan fingerprint density at radius 3 is 2.77 bits per heavy atom. The summed E-state index contributed by atoms with van der Waals surface area (Å²) >= 11 is 0. The lowest BCUT2D eigenvalue weighted by Gasteiger charge is -2.24. The number of benzene rings is 2. The zero-order valence-electron chi connectivity index (χ0n) is 20.1. The van der Waals surface area contributed by atoms with E-state index in [1.807, 2.05) is 67.5 Å². The van der Waals surface area contributed by atoms with Crippen molar-refractivity contribution in [1.29, 1.82) is 0 Å². The van der Waals surface area contributed by atoms with Crippen LogP contribution >= 0.6 is 0 Å². The third-order valence-corrected chi connectivity index (χ3v) is 6.26. The topological polar surface area (TPSA) is 80.2 Å². The number of carbonyl (C=O) groups is 1. The quantitative estimate of drug-likeness (QED) is 0.458. The maximum absolute atomic E-state index is 13.5. The van der Waals surface area contributed by atoms with Gasteiger partial charge in [-0.25, -0.2) is 9.97 Å². The lowest BCUT2D eigenvalue weighted by Crippen LogP contribution is -2.36. The zero-order valence-corrected chi connectivity index (χ0v) is 20.1. The Hall–Kier alpha value is -3.84. The second-order valence-electron chi connectivity index (χ2n) is 9.09. The van der Waals surface area contributed by atoms with Gasteiger partial charge in [-0.2, -0.15) is 0 Å². The van der Waals surface area contributed by atoms with Gasteiger partial charge in [0.05, 0.1) is 13.2 Å². The minimum Gasteiger partial charge on any atom is -0.379 e. The second-order valence-corrected chi connectivity index (χ2v) is 9.09. The van der Waals surface area contributed by atoms with Gasteiger partial charge < -0.3 is 15.0 Å². The van der Waals surface area contributed by atoms with Crippen molar-refractivity contribution < 1.29 is 9.53 Å². The highest BCUT2D eigenvalue weighted by Crippen LogP contribution is 2.23. The van der Waals surface area contributed by atoms with Crippen molar-refractivity contribution >= 4 is 28.3 Å². The van der Waals surface area contributed by atoms with E-state index < -0.39 is 0 Å². The first-order valence-electron chi connectivity index (χ1n) is 11.9. The molecule has 1 aliphatic rings. The maximum Gasteiger partial charge on any atom is 0.254 e. The minimum atomic E-state index is 0.00470. The van der Waals surface area contributed by atoms with E-state index in [0.29, 0.717) is 37.8 Å². The molecule has 0 aliphatic carbocycles. The van der Waals surface area contributed by atoms with Gasteiger partial charge in [-0.1, -0.05) is 24.3 Å². The fraction of sp³-hybridized carbons (Fsp3) is 0.286. The molecule has 2 aromatic carbocycles. The third kappa shape index (κ3) is 5.46. The van der Waals surface area contributed by atoms with Gasteiger partial charge in [0.2, 0.25) is 5.95 Å². The van der Waals surface area contributed by atoms with Gasteiger partial charge in [0.25, 0.3) is 5.91 Å². The highest BCUT2D eigenvalue weighted by atomic mass is 16.5.